The predicted octanol–water partition coefficient (Wildman–Crippen LogP) is 3.53. The maximum atomic E-state index is 12.9. The van der Waals surface area contributed by atoms with Crippen molar-refractivity contribution in [2.24, 2.45) is 29.6 Å². The Morgan fingerprint density at radius 2 is 1.63 bits per heavy atom. The van der Waals surface area contributed by atoms with Crippen molar-refractivity contribution >= 4 is 17.5 Å². The quantitative estimate of drug-likeness (QED) is 0.723. The molecule has 0 aromatic heterocycles. The number of alkyl halides is 1. The molecule has 0 heterocycles. The van der Waals surface area contributed by atoms with Gasteiger partial charge >= 0.3 is 0 Å². The summed E-state index contributed by atoms with van der Waals surface area (Å²) in [6, 6.07) is 0.281. The van der Waals surface area contributed by atoms with Crippen molar-refractivity contribution in [3.8, 4) is 0 Å². The molecule has 0 N–H and O–H groups in total. The van der Waals surface area contributed by atoms with Gasteiger partial charge in [0.05, 0.1) is 0 Å². The number of halogens is 1. The minimum atomic E-state index is 0.281. The molecule has 19 heavy (non-hydrogen) atoms. The summed E-state index contributed by atoms with van der Waals surface area (Å²) in [5.74, 6) is 4.51. The standard InChI is InChI=1S/C16H26ClNO/c1-10(2)18(4-3-17)16(19)15-13-6-11-5-12(8-13)9-14(15)7-11/h10-15H,3-9H2,1-2H3. The van der Waals surface area contributed by atoms with Crippen LogP contribution in [0.15, 0.2) is 0 Å². The van der Waals surface area contributed by atoms with Crippen LogP contribution in [0.1, 0.15) is 46.0 Å². The Balaban J connectivity index is 1.76. The third kappa shape index (κ3) is 2.41. The SMILES string of the molecule is CC(C)N(CCCl)C(=O)C1C2CC3CC(C2)CC1C3. The van der Waals surface area contributed by atoms with Gasteiger partial charge in [-0.15, -0.1) is 11.6 Å². The van der Waals surface area contributed by atoms with E-state index in [0.717, 1.165) is 11.8 Å². The Hall–Kier alpha value is -0.240. The number of carbonyl (C=O) groups excluding carboxylic acids is 1. The van der Waals surface area contributed by atoms with Gasteiger partial charge in [0.1, 0.15) is 0 Å². The van der Waals surface area contributed by atoms with Crippen molar-refractivity contribution in [3.05, 3.63) is 0 Å². The molecular formula is C16H26ClNO. The minimum Gasteiger partial charge on any atom is -0.339 e. The third-order valence-electron chi connectivity index (χ3n) is 5.74. The lowest BCUT2D eigenvalue weighted by molar-refractivity contribution is -0.150. The zero-order valence-corrected chi connectivity index (χ0v) is 12.9. The molecule has 0 unspecified atom stereocenters. The van der Waals surface area contributed by atoms with Gasteiger partial charge in [0.2, 0.25) is 5.91 Å². The molecule has 0 atom stereocenters. The van der Waals surface area contributed by atoms with Crippen LogP contribution in [0.5, 0.6) is 0 Å². The lowest BCUT2D eigenvalue weighted by Gasteiger charge is -2.54. The van der Waals surface area contributed by atoms with E-state index in [9.17, 15) is 4.79 Å². The lowest BCUT2D eigenvalue weighted by atomic mass is 9.51. The molecule has 4 rings (SSSR count). The average molecular weight is 284 g/mol. The van der Waals surface area contributed by atoms with Crippen LogP contribution in [0.3, 0.4) is 0 Å². The van der Waals surface area contributed by atoms with Crippen molar-refractivity contribution in [1.29, 1.82) is 0 Å². The van der Waals surface area contributed by atoms with Crippen LogP contribution in [-0.4, -0.2) is 29.3 Å². The smallest absolute Gasteiger partial charge is 0.226 e. The number of hydrogen-bond acceptors (Lipinski definition) is 1. The van der Waals surface area contributed by atoms with E-state index in [1.165, 1.54) is 32.1 Å². The van der Waals surface area contributed by atoms with Crippen molar-refractivity contribution < 1.29 is 4.79 Å². The first kappa shape index (κ1) is 13.7. The first-order chi connectivity index (χ1) is 9.10. The lowest BCUT2D eigenvalue weighted by Crippen LogP contribution is -2.53. The highest BCUT2D eigenvalue weighted by atomic mass is 35.5. The molecule has 4 saturated carbocycles. The van der Waals surface area contributed by atoms with Gasteiger partial charge in [-0.25, -0.2) is 0 Å². The van der Waals surface area contributed by atoms with Crippen LogP contribution in [0.2, 0.25) is 0 Å². The van der Waals surface area contributed by atoms with Crippen LogP contribution in [0.25, 0.3) is 0 Å². The summed E-state index contributed by atoms with van der Waals surface area (Å²) >= 11 is 5.88. The molecule has 0 saturated heterocycles. The van der Waals surface area contributed by atoms with Gasteiger partial charge in [0, 0.05) is 24.4 Å². The van der Waals surface area contributed by atoms with Crippen molar-refractivity contribution in [2.45, 2.75) is 52.0 Å². The fourth-order valence-electron chi connectivity index (χ4n) is 5.23. The monoisotopic (exact) mass is 283 g/mol. The number of rotatable bonds is 4. The number of nitrogens with zero attached hydrogens (tertiary/aromatic N) is 1. The largest absolute Gasteiger partial charge is 0.339 e. The van der Waals surface area contributed by atoms with E-state index >= 15 is 0 Å². The Labute approximate surface area is 121 Å². The zero-order chi connectivity index (χ0) is 13.6. The summed E-state index contributed by atoms with van der Waals surface area (Å²) in [5.41, 5.74) is 0. The summed E-state index contributed by atoms with van der Waals surface area (Å²) in [7, 11) is 0. The molecule has 4 aliphatic carbocycles. The van der Waals surface area contributed by atoms with E-state index in [-0.39, 0.29) is 6.04 Å². The van der Waals surface area contributed by atoms with Gasteiger partial charge in [-0.1, -0.05) is 0 Å². The van der Waals surface area contributed by atoms with E-state index in [4.69, 9.17) is 11.6 Å². The van der Waals surface area contributed by atoms with Gasteiger partial charge in [-0.3, -0.25) is 4.79 Å². The van der Waals surface area contributed by atoms with Crippen LogP contribution in [-0.2, 0) is 4.79 Å². The maximum Gasteiger partial charge on any atom is 0.226 e. The van der Waals surface area contributed by atoms with Crippen molar-refractivity contribution in [3.63, 3.8) is 0 Å². The molecule has 0 aliphatic heterocycles. The third-order valence-corrected chi connectivity index (χ3v) is 5.91. The molecule has 1 amide bonds. The average Bonchev–Trinajstić information content (AvgIpc) is 2.33. The molecule has 2 nitrogen and oxygen atoms in total. The van der Waals surface area contributed by atoms with E-state index in [1.54, 1.807) is 0 Å². The maximum absolute atomic E-state index is 12.9. The van der Waals surface area contributed by atoms with E-state index < -0.39 is 0 Å². The normalized spacial score (nSPS) is 39.9. The molecule has 108 valence electrons. The highest BCUT2D eigenvalue weighted by Gasteiger charge is 2.51. The second kappa shape index (κ2) is 5.27. The first-order valence-corrected chi connectivity index (χ1v) is 8.50. The van der Waals surface area contributed by atoms with Gasteiger partial charge < -0.3 is 4.90 Å². The molecule has 4 aliphatic rings. The Morgan fingerprint density at radius 1 is 1.11 bits per heavy atom. The predicted molar refractivity (Wildman–Crippen MR) is 78.1 cm³/mol. The Morgan fingerprint density at radius 3 is 2.05 bits per heavy atom. The summed E-state index contributed by atoms with van der Waals surface area (Å²) < 4.78 is 0. The summed E-state index contributed by atoms with van der Waals surface area (Å²) in [4.78, 5) is 15.0. The Kier molecular flexibility index (Phi) is 3.81. The Bertz CT molecular complexity index is 327. The van der Waals surface area contributed by atoms with Gasteiger partial charge in [0.15, 0.2) is 0 Å². The van der Waals surface area contributed by atoms with Gasteiger partial charge in [-0.2, -0.15) is 0 Å². The first-order valence-electron chi connectivity index (χ1n) is 7.96. The summed E-state index contributed by atoms with van der Waals surface area (Å²) in [6.07, 6.45) is 6.71. The number of hydrogen-bond donors (Lipinski definition) is 0. The van der Waals surface area contributed by atoms with Crippen LogP contribution in [0.4, 0.5) is 0 Å². The fourth-order valence-corrected chi connectivity index (χ4v) is 5.42. The number of amides is 1. The number of carbonyl (C=O) groups is 1. The van der Waals surface area contributed by atoms with Gasteiger partial charge in [0.25, 0.3) is 0 Å². The van der Waals surface area contributed by atoms with Crippen LogP contribution in [0, 0.1) is 29.6 Å². The van der Waals surface area contributed by atoms with Crippen LogP contribution < -0.4 is 0 Å². The topological polar surface area (TPSA) is 20.3 Å². The van der Waals surface area contributed by atoms with Crippen molar-refractivity contribution in [1.82, 2.24) is 4.90 Å². The summed E-state index contributed by atoms with van der Waals surface area (Å²) in [6.45, 7) is 4.93. The van der Waals surface area contributed by atoms with Gasteiger partial charge in [-0.05, 0) is 69.6 Å². The molecule has 4 bridgehead atoms. The van der Waals surface area contributed by atoms with Crippen LogP contribution >= 0.6 is 11.6 Å². The molecule has 4 fully saturated rings. The molecular weight excluding hydrogens is 258 g/mol. The molecule has 0 aromatic carbocycles. The second-order valence-corrected chi connectivity index (χ2v) is 7.65. The highest BCUT2D eigenvalue weighted by molar-refractivity contribution is 6.18. The van der Waals surface area contributed by atoms with E-state index in [2.05, 4.69) is 13.8 Å². The summed E-state index contributed by atoms with van der Waals surface area (Å²) in [5, 5.41) is 0. The van der Waals surface area contributed by atoms with E-state index in [1.807, 2.05) is 4.90 Å². The van der Waals surface area contributed by atoms with Crippen molar-refractivity contribution in [2.75, 3.05) is 12.4 Å². The molecule has 0 spiro atoms. The highest BCUT2D eigenvalue weighted by Crippen LogP contribution is 2.56. The zero-order valence-electron chi connectivity index (χ0n) is 12.1. The molecule has 0 aromatic rings. The molecule has 0 radical (unpaired) electrons. The minimum absolute atomic E-state index is 0.281. The fraction of sp³-hybridized carbons (Fsp3) is 0.938. The second-order valence-electron chi connectivity index (χ2n) is 7.27. The van der Waals surface area contributed by atoms with E-state index in [0.29, 0.717) is 36.1 Å². The molecule has 3 heteroatoms.